The average Bonchev–Trinajstić information content (AvgIpc) is 2.79. The van der Waals surface area contributed by atoms with E-state index in [2.05, 4.69) is 28.2 Å². The van der Waals surface area contributed by atoms with Crippen molar-refractivity contribution in [1.82, 2.24) is 9.97 Å². The molecule has 0 fully saturated rings. The molecule has 1 aromatic carbocycles. The first kappa shape index (κ1) is 10.4. The van der Waals surface area contributed by atoms with Gasteiger partial charge in [-0.2, -0.15) is 11.8 Å². The Balaban J connectivity index is 1.80. The summed E-state index contributed by atoms with van der Waals surface area (Å²) in [6, 6.07) is 8.38. The molecule has 3 nitrogen and oxygen atoms in total. The molecule has 0 spiro atoms. The van der Waals surface area contributed by atoms with Gasteiger partial charge in [0.05, 0.1) is 5.69 Å². The molecule has 1 unspecified atom stereocenters. The summed E-state index contributed by atoms with van der Waals surface area (Å²) in [7, 11) is 0. The SMILES string of the molecule is O=c1[nH]c(C2Cc3ccccc32)nc2c1CSC2. The lowest BCUT2D eigenvalue weighted by molar-refractivity contribution is 0.651. The van der Waals surface area contributed by atoms with E-state index < -0.39 is 0 Å². The van der Waals surface area contributed by atoms with Crippen LogP contribution in [0.3, 0.4) is 0 Å². The van der Waals surface area contributed by atoms with Crippen LogP contribution in [0.25, 0.3) is 0 Å². The van der Waals surface area contributed by atoms with Crippen LogP contribution in [0.15, 0.2) is 29.1 Å². The van der Waals surface area contributed by atoms with E-state index in [1.54, 1.807) is 11.8 Å². The third-order valence-corrected chi connectivity index (χ3v) is 4.76. The first-order valence-electron chi connectivity index (χ1n) is 6.10. The van der Waals surface area contributed by atoms with Crippen LogP contribution in [-0.4, -0.2) is 9.97 Å². The van der Waals surface area contributed by atoms with Gasteiger partial charge in [-0.15, -0.1) is 0 Å². The van der Waals surface area contributed by atoms with Gasteiger partial charge in [-0.1, -0.05) is 24.3 Å². The Labute approximate surface area is 109 Å². The van der Waals surface area contributed by atoms with Crippen molar-refractivity contribution in [2.24, 2.45) is 0 Å². The summed E-state index contributed by atoms with van der Waals surface area (Å²) in [6.07, 6.45) is 0.991. The van der Waals surface area contributed by atoms with Gasteiger partial charge in [0.1, 0.15) is 5.82 Å². The van der Waals surface area contributed by atoms with E-state index >= 15 is 0 Å². The second kappa shape index (κ2) is 3.72. The molecular formula is C14H12N2OS. The third kappa shape index (κ3) is 1.38. The summed E-state index contributed by atoms with van der Waals surface area (Å²) in [6.45, 7) is 0. The smallest absolute Gasteiger partial charge is 0.255 e. The number of aromatic amines is 1. The van der Waals surface area contributed by atoms with Gasteiger partial charge >= 0.3 is 0 Å². The van der Waals surface area contributed by atoms with E-state index in [1.807, 2.05) is 6.07 Å². The van der Waals surface area contributed by atoms with Crippen molar-refractivity contribution < 1.29 is 0 Å². The van der Waals surface area contributed by atoms with Gasteiger partial charge in [0.15, 0.2) is 0 Å². The van der Waals surface area contributed by atoms with Crippen molar-refractivity contribution in [2.75, 3.05) is 0 Å². The molecule has 1 aromatic heterocycles. The monoisotopic (exact) mass is 256 g/mol. The van der Waals surface area contributed by atoms with E-state index in [1.165, 1.54) is 11.1 Å². The predicted octanol–water partition coefficient (Wildman–Crippen LogP) is 2.20. The quantitative estimate of drug-likeness (QED) is 0.851. The van der Waals surface area contributed by atoms with Crippen LogP contribution in [0.1, 0.15) is 34.1 Å². The van der Waals surface area contributed by atoms with Crippen LogP contribution in [0, 0.1) is 0 Å². The molecule has 2 aliphatic rings. The highest BCUT2D eigenvalue weighted by Crippen LogP contribution is 2.38. The number of nitrogens with one attached hydrogen (secondary N) is 1. The zero-order chi connectivity index (χ0) is 12.1. The number of H-pyrrole nitrogens is 1. The van der Waals surface area contributed by atoms with Crippen molar-refractivity contribution >= 4 is 11.8 Å². The molecule has 4 rings (SSSR count). The highest BCUT2D eigenvalue weighted by Gasteiger charge is 2.30. The maximum atomic E-state index is 12.0. The standard InChI is InChI=1S/C14H12N2OS/c17-14-11-6-18-7-12(11)15-13(16-14)10-5-8-3-1-2-4-9(8)10/h1-4,10H,5-7H2,(H,15,16,17). The number of benzene rings is 1. The summed E-state index contributed by atoms with van der Waals surface area (Å²) >= 11 is 1.77. The Morgan fingerprint density at radius 3 is 3.06 bits per heavy atom. The van der Waals surface area contributed by atoms with Crippen molar-refractivity contribution in [3.63, 3.8) is 0 Å². The fourth-order valence-corrected chi connectivity index (χ4v) is 3.79. The number of rotatable bonds is 1. The molecule has 1 atom stereocenters. The molecule has 0 amide bonds. The number of hydrogen-bond acceptors (Lipinski definition) is 3. The molecule has 0 radical (unpaired) electrons. The van der Waals surface area contributed by atoms with Crippen molar-refractivity contribution in [1.29, 1.82) is 0 Å². The van der Waals surface area contributed by atoms with Gasteiger partial charge in [-0.25, -0.2) is 4.98 Å². The molecule has 1 N–H and O–H groups in total. The zero-order valence-electron chi connectivity index (χ0n) is 9.77. The van der Waals surface area contributed by atoms with Crippen molar-refractivity contribution in [2.45, 2.75) is 23.8 Å². The van der Waals surface area contributed by atoms with Gasteiger partial charge in [-0.05, 0) is 17.5 Å². The second-order valence-electron chi connectivity index (χ2n) is 4.82. The van der Waals surface area contributed by atoms with Crippen molar-refractivity contribution in [3.05, 3.63) is 62.8 Å². The minimum Gasteiger partial charge on any atom is -0.310 e. The summed E-state index contributed by atoms with van der Waals surface area (Å²) in [4.78, 5) is 19.6. The molecule has 0 saturated heterocycles. The number of fused-ring (bicyclic) bond motifs is 2. The topological polar surface area (TPSA) is 45.8 Å². The van der Waals surface area contributed by atoms with E-state index in [9.17, 15) is 4.79 Å². The van der Waals surface area contributed by atoms with Crippen LogP contribution in [0.5, 0.6) is 0 Å². The molecule has 1 aliphatic carbocycles. The molecular weight excluding hydrogens is 244 g/mol. The Kier molecular flexibility index (Phi) is 2.14. The van der Waals surface area contributed by atoms with Gasteiger partial charge in [0.2, 0.25) is 0 Å². The van der Waals surface area contributed by atoms with Crippen LogP contribution in [0.2, 0.25) is 0 Å². The molecule has 1 aliphatic heterocycles. The molecule has 2 aromatic rings. The fraction of sp³-hybridized carbons (Fsp3) is 0.286. The summed E-state index contributed by atoms with van der Waals surface area (Å²) in [5, 5.41) is 0. The van der Waals surface area contributed by atoms with Gasteiger partial charge < -0.3 is 4.98 Å². The van der Waals surface area contributed by atoms with E-state index in [0.29, 0.717) is 0 Å². The van der Waals surface area contributed by atoms with E-state index in [4.69, 9.17) is 0 Å². The highest BCUT2D eigenvalue weighted by atomic mass is 32.2. The molecule has 18 heavy (non-hydrogen) atoms. The summed E-state index contributed by atoms with van der Waals surface area (Å²) < 4.78 is 0. The molecule has 0 bridgehead atoms. The summed E-state index contributed by atoms with van der Waals surface area (Å²) in [5.74, 6) is 2.81. The Morgan fingerprint density at radius 2 is 2.17 bits per heavy atom. The van der Waals surface area contributed by atoms with Crippen molar-refractivity contribution in [3.8, 4) is 0 Å². The average molecular weight is 256 g/mol. The third-order valence-electron chi connectivity index (χ3n) is 3.79. The Morgan fingerprint density at radius 1 is 1.28 bits per heavy atom. The molecule has 4 heteroatoms. The largest absolute Gasteiger partial charge is 0.310 e. The van der Waals surface area contributed by atoms with E-state index in [0.717, 1.165) is 35.0 Å². The number of hydrogen-bond donors (Lipinski definition) is 1. The zero-order valence-corrected chi connectivity index (χ0v) is 10.6. The number of thioether (sulfide) groups is 1. The van der Waals surface area contributed by atoms with Crippen LogP contribution in [-0.2, 0) is 17.9 Å². The molecule has 0 saturated carbocycles. The van der Waals surface area contributed by atoms with Crippen LogP contribution >= 0.6 is 11.8 Å². The number of aromatic nitrogens is 2. The highest BCUT2D eigenvalue weighted by molar-refractivity contribution is 7.98. The van der Waals surface area contributed by atoms with Crippen LogP contribution in [0.4, 0.5) is 0 Å². The normalized spacial score (nSPS) is 20.1. The minimum atomic E-state index is 0.0596. The van der Waals surface area contributed by atoms with Gasteiger partial charge in [-0.3, -0.25) is 4.79 Å². The molecule has 90 valence electrons. The second-order valence-corrected chi connectivity index (χ2v) is 5.81. The first-order chi connectivity index (χ1) is 8.83. The minimum absolute atomic E-state index is 0.0596. The lowest BCUT2D eigenvalue weighted by Gasteiger charge is -2.29. The predicted molar refractivity (Wildman–Crippen MR) is 71.8 cm³/mol. The maximum absolute atomic E-state index is 12.0. The first-order valence-corrected chi connectivity index (χ1v) is 7.26. The number of nitrogens with zero attached hydrogens (tertiary/aromatic N) is 1. The maximum Gasteiger partial charge on any atom is 0.255 e. The van der Waals surface area contributed by atoms with Gasteiger partial charge in [0.25, 0.3) is 5.56 Å². The molecule has 2 heterocycles. The Bertz CT molecular complexity index is 692. The lowest BCUT2D eigenvalue weighted by Crippen LogP contribution is -2.25. The van der Waals surface area contributed by atoms with Gasteiger partial charge in [0, 0.05) is 23.0 Å². The Hall–Kier alpha value is -1.55. The summed E-state index contributed by atoms with van der Waals surface area (Å²) in [5.41, 5.74) is 4.61. The van der Waals surface area contributed by atoms with E-state index in [-0.39, 0.29) is 11.5 Å². The lowest BCUT2D eigenvalue weighted by atomic mass is 9.77. The van der Waals surface area contributed by atoms with Crippen LogP contribution < -0.4 is 5.56 Å². The fourth-order valence-electron chi connectivity index (χ4n) is 2.75.